The molecule has 2 aliphatic rings. The normalized spacial score (nSPS) is 24.3. The van der Waals surface area contributed by atoms with E-state index in [0.717, 1.165) is 36.9 Å². The summed E-state index contributed by atoms with van der Waals surface area (Å²) in [6, 6.07) is 5.02. The van der Waals surface area contributed by atoms with Crippen LogP contribution in [0.25, 0.3) is 6.08 Å². The quantitative estimate of drug-likeness (QED) is 0.427. The maximum Gasteiger partial charge on any atom is 0.289 e. The monoisotopic (exact) mass is 405 g/mol. The predicted octanol–water partition coefficient (Wildman–Crippen LogP) is -7.21. The third-order valence-corrected chi connectivity index (χ3v) is 5.22. The molecule has 1 aromatic rings. The molecule has 0 atom stereocenters. The van der Waals surface area contributed by atoms with Crippen molar-refractivity contribution < 1.29 is 49.3 Å². The van der Waals surface area contributed by atoms with E-state index in [1.54, 1.807) is 24.3 Å². The number of quaternary nitrogens is 2. The lowest BCUT2D eigenvalue weighted by atomic mass is 10.2. The molecule has 9 heteroatoms. The van der Waals surface area contributed by atoms with Gasteiger partial charge in [-0.2, -0.15) is 0 Å². The Kier molecular flexibility index (Phi) is 8.24. The van der Waals surface area contributed by atoms with Crippen LogP contribution in [-0.4, -0.2) is 56.5 Å². The number of carbonyl (C=O) groups excluding carboxylic acids is 1. The highest BCUT2D eigenvalue weighted by Gasteiger charge is 2.33. The number of benzene rings is 1. The number of likely N-dealkylation sites (N-methyl/N-ethyl adjacent to an activating group) is 1. The molecular weight excluding hydrogens is 385 g/mol. The fourth-order valence-corrected chi connectivity index (χ4v) is 3.70. The van der Waals surface area contributed by atoms with Crippen LogP contribution in [0.2, 0.25) is 0 Å². The highest BCUT2D eigenvalue weighted by Crippen LogP contribution is 2.30. The van der Waals surface area contributed by atoms with Crippen LogP contribution in [-0.2, 0) is 4.79 Å². The number of aliphatic imine (C=N–C) groups is 1. The van der Waals surface area contributed by atoms with Crippen molar-refractivity contribution in [1.82, 2.24) is 0 Å². The molecule has 0 radical (unpaired) electrons. The summed E-state index contributed by atoms with van der Waals surface area (Å²) in [7, 11) is 3.69. The lowest BCUT2D eigenvalue weighted by Crippen LogP contribution is -3.27. The van der Waals surface area contributed by atoms with E-state index in [9.17, 15) is 9.90 Å². The summed E-state index contributed by atoms with van der Waals surface area (Å²) in [5.74, 6) is 0.292. The fraction of sp³-hybridized carbons (Fsp3) is 0.375. The Morgan fingerprint density at radius 2 is 1.92 bits per heavy atom. The zero-order chi connectivity index (χ0) is 16.4. The summed E-state index contributed by atoms with van der Waals surface area (Å²) < 4.78 is 5.10. The number of phenolic OH excluding ortho intramolecular Hbond substituents is 1. The van der Waals surface area contributed by atoms with Crippen LogP contribution in [0, 0.1) is 0 Å². The molecule has 3 N–H and O–H groups in total. The number of methoxy groups -OCH3 is 1. The molecule has 0 spiro atoms. The van der Waals surface area contributed by atoms with Crippen LogP contribution < -0.4 is 39.4 Å². The fourth-order valence-electron chi connectivity index (χ4n) is 2.69. The Labute approximate surface area is 163 Å². The van der Waals surface area contributed by atoms with Crippen molar-refractivity contribution >= 4 is 28.9 Å². The average molecular weight is 406 g/mol. The molecule has 2 aliphatic heterocycles. The SMILES string of the molecule is COc1cc(/C=C2/SC([NH+]3CC[NH+](C)CC3)=NC2=O)ccc1O.[Cl-].[Cl-]. The van der Waals surface area contributed by atoms with Gasteiger partial charge in [0.25, 0.3) is 11.1 Å². The molecule has 138 valence electrons. The number of ether oxygens (including phenoxy) is 1. The van der Waals surface area contributed by atoms with Crippen LogP contribution in [0.5, 0.6) is 11.5 Å². The van der Waals surface area contributed by atoms with Crippen LogP contribution in [0.4, 0.5) is 0 Å². The smallest absolute Gasteiger partial charge is 0.289 e. The second-order valence-corrected chi connectivity index (χ2v) is 6.86. The molecule has 2 heterocycles. The van der Waals surface area contributed by atoms with Crippen molar-refractivity contribution in [3.05, 3.63) is 28.7 Å². The molecule has 0 unspecified atom stereocenters. The van der Waals surface area contributed by atoms with Crippen molar-refractivity contribution in [3.8, 4) is 11.5 Å². The minimum atomic E-state index is -0.184. The van der Waals surface area contributed by atoms with Crippen LogP contribution in [0.1, 0.15) is 5.56 Å². The topological polar surface area (TPSA) is 67.8 Å². The highest BCUT2D eigenvalue weighted by atomic mass is 35.5. The highest BCUT2D eigenvalue weighted by molar-refractivity contribution is 8.18. The van der Waals surface area contributed by atoms with Crippen LogP contribution in [0.15, 0.2) is 28.1 Å². The number of aromatic hydroxyl groups is 1. The van der Waals surface area contributed by atoms with Gasteiger partial charge in [0.2, 0.25) is 0 Å². The minimum absolute atomic E-state index is 0. The number of amides is 1. The van der Waals surface area contributed by atoms with E-state index in [1.165, 1.54) is 28.7 Å². The number of rotatable bonds is 2. The van der Waals surface area contributed by atoms with Crippen LogP contribution in [0.3, 0.4) is 0 Å². The molecule has 1 amide bonds. The van der Waals surface area contributed by atoms with Crippen molar-refractivity contribution in [3.63, 3.8) is 0 Å². The molecule has 1 aromatic carbocycles. The van der Waals surface area contributed by atoms with Crippen molar-refractivity contribution in [1.29, 1.82) is 0 Å². The molecule has 6 nitrogen and oxygen atoms in total. The molecule has 1 saturated heterocycles. The molecule has 0 saturated carbocycles. The van der Waals surface area contributed by atoms with E-state index < -0.39 is 0 Å². The van der Waals surface area contributed by atoms with E-state index >= 15 is 0 Å². The minimum Gasteiger partial charge on any atom is -1.00 e. The van der Waals surface area contributed by atoms with Gasteiger partial charge in [0, 0.05) is 0 Å². The van der Waals surface area contributed by atoms with E-state index in [1.807, 2.05) is 0 Å². The summed E-state index contributed by atoms with van der Waals surface area (Å²) in [5, 5.41) is 10.5. The molecule has 3 rings (SSSR count). The Morgan fingerprint density at radius 3 is 2.56 bits per heavy atom. The molecular formula is C16H21Cl2N3O3S. The van der Waals surface area contributed by atoms with Gasteiger partial charge in [-0.3, -0.25) is 9.69 Å². The number of hydrogen-bond donors (Lipinski definition) is 3. The van der Waals surface area contributed by atoms with E-state index in [-0.39, 0.29) is 36.5 Å². The van der Waals surface area contributed by atoms with E-state index in [2.05, 4.69) is 12.0 Å². The number of phenols is 1. The second kappa shape index (κ2) is 9.45. The Morgan fingerprint density at radius 1 is 1.24 bits per heavy atom. The van der Waals surface area contributed by atoms with Gasteiger partial charge in [0.05, 0.1) is 19.1 Å². The predicted molar refractivity (Wildman–Crippen MR) is 90.0 cm³/mol. The first kappa shape index (κ1) is 21.8. The summed E-state index contributed by atoms with van der Waals surface area (Å²) in [6.45, 7) is 4.20. The largest absolute Gasteiger partial charge is 1.00 e. The Bertz CT molecular complexity index is 689. The lowest BCUT2D eigenvalue weighted by molar-refractivity contribution is -0.964. The molecule has 25 heavy (non-hydrogen) atoms. The number of thioether (sulfide) groups is 1. The average Bonchev–Trinajstić information content (AvgIpc) is 2.91. The number of amidine groups is 1. The van der Waals surface area contributed by atoms with Crippen molar-refractivity contribution in [2.45, 2.75) is 0 Å². The van der Waals surface area contributed by atoms with Crippen molar-refractivity contribution in [2.75, 3.05) is 40.3 Å². The standard InChI is InChI=1S/C16H19N3O3S.2ClH/c1-18-5-7-19(8-6-18)16-17-15(21)14(23-16)10-11-3-4-12(20)13(9-11)22-2;;/h3-4,9-10,20H,5-8H2,1-2H3;2*1H/b14-10+;;. The van der Waals surface area contributed by atoms with E-state index in [0.29, 0.717) is 10.7 Å². The molecule has 0 bridgehead atoms. The maximum atomic E-state index is 12.1. The lowest BCUT2D eigenvalue weighted by Gasteiger charge is -2.25. The van der Waals surface area contributed by atoms with Gasteiger partial charge in [-0.15, -0.1) is 4.99 Å². The Hall–Kier alpha value is -1.25. The summed E-state index contributed by atoms with van der Waals surface area (Å²) in [6.07, 6.45) is 1.80. The zero-order valence-electron chi connectivity index (χ0n) is 14.0. The number of hydrogen-bond acceptors (Lipinski definition) is 4. The molecule has 0 aromatic heterocycles. The van der Waals surface area contributed by atoms with E-state index in [4.69, 9.17) is 4.74 Å². The van der Waals surface area contributed by atoms with Gasteiger partial charge in [-0.05, 0) is 35.5 Å². The summed E-state index contributed by atoms with van der Waals surface area (Å²) >= 11 is 1.45. The van der Waals surface area contributed by atoms with Gasteiger partial charge < -0.3 is 39.6 Å². The van der Waals surface area contributed by atoms with Crippen LogP contribution >= 0.6 is 11.8 Å². The van der Waals surface area contributed by atoms with Gasteiger partial charge >= 0.3 is 0 Å². The first-order chi connectivity index (χ1) is 11.1. The number of nitrogens with zero attached hydrogens (tertiary/aromatic N) is 1. The van der Waals surface area contributed by atoms with Gasteiger partial charge in [0.15, 0.2) is 11.5 Å². The second-order valence-electron chi connectivity index (χ2n) is 5.82. The molecule has 1 fully saturated rings. The first-order valence-electron chi connectivity index (χ1n) is 7.63. The van der Waals surface area contributed by atoms with Crippen molar-refractivity contribution in [2.24, 2.45) is 4.99 Å². The number of carbonyl (C=O) groups is 1. The maximum absolute atomic E-state index is 12.1. The van der Waals surface area contributed by atoms with Gasteiger partial charge in [-0.25, -0.2) is 0 Å². The zero-order valence-corrected chi connectivity index (χ0v) is 16.3. The van der Waals surface area contributed by atoms with Gasteiger partial charge in [0.1, 0.15) is 26.2 Å². The third kappa shape index (κ3) is 5.12. The number of nitrogens with one attached hydrogen (secondary N) is 2. The first-order valence-corrected chi connectivity index (χ1v) is 8.44. The van der Waals surface area contributed by atoms with Gasteiger partial charge in [-0.1, -0.05) is 6.07 Å². The summed E-state index contributed by atoms with van der Waals surface area (Å²) in [4.78, 5) is 19.8. The third-order valence-electron chi connectivity index (χ3n) is 4.13. The number of halogens is 2. The summed E-state index contributed by atoms with van der Waals surface area (Å²) in [5.41, 5.74) is 0.810. The Balaban J connectivity index is 0.00000156. The molecule has 0 aliphatic carbocycles. The number of piperazine rings is 1.